The quantitative estimate of drug-likeness (QED) is 0.197. The summed E-state index contributed by atoms with van der Waals surface area (Å²) < 4.78 is 0. The van der Waals surface area contributed by atoms with Crippen LogP contribution in [0.1, 0.15) is 76.7 Å². The minimum atomic E-state index is -0.199. The predicted molar refractivity (Wildman–Crippen MR) is 151 cm³/mol. The molecule has 3 rings (SSSR count). The molecular formula is C29H46BrN3. The maximum absolute atomic E-state index is 2.57. The van der Waals surface area contributed by atoms with Crippen LogP contribution in [-0.2, 0) is 0 Å². The standard InChI is InChI=1S/C29H45N3.BrH/c1-6-7-8-9-10-11-12-13-14-17-22-32-27-19-16-15-18-25(27)23-26-20-21-29(30(2)3,31(4)5)24-28(26)32;/h15-16,18-21,23-24H,6-14,17,22H2,1-5H3;1H. The third-order valence-electron chi connectivity index (χ3n) is 7.15. The van der Waals surface area contributed by atoms with E-state index in [1.165, 1.54) is 86.7 Å². The van der Waals surface area contributed by atoms with Gasteiger partial charge in [0.05, 0.1) is 0 Å². The summed E-state index contributed by atoms with van der Waals surface area (Å²) in [6.07, 6.45) is 23.2. The normalized spacial score (nSPS) is 16.3. The number of benzene rings is 1. The van der Waals surface area contributed by atoms with Gasteiger partial charge in [0.2, 0.25) is 0 Å². The topological polar surface area (TPSA) is 9.72 Å². The van der Waals surface area contributed by atoms with E-state index in [0.717, 1.165) is 6.54 Å². The molecule has 0 bridgehead atoms. The second kappa shape index (κ2) is 13.5. The first-order valence-electron chi connectivity index (χ1n) is 12.8. The van der Waals surface area contributed by atoms with Crippen molar-refractivity contribution >= 4 is 28.7 Å². The van der Waals surface area contributed by atoms with Gasteiger partial charge in [-0.05, 0) is 70.0 Å². The van der Waals surface area contributed by atoms with Crippen LogP contribution >= 0.6 is 17.0 Å². The molecule has 3 nitrogen and oxygen atoms in total. The van der Waals surface area contributed by atoms with Crippen LogP contribution in [-0.4, -0.2) is 50.2 Å². The average molecular weight is 517 g/mol. The second-order valence-corrected chi connectivity index (χ2v) is 9.93. The Hall–Kier alpha value is -1.36. The average Bonchev–Trinajstić information content (AvgIpc) is 2.79. The van der Waals surface area contributed by atoms with E-state index in [1.807, 2.05) is 0 Å². The van der Waals surface area contributed by atoms with Gasteiger partial charge in [-0.15, -0.1) is 17.0 Å². The summed E-state index contributed by atoms with van der Waals surface area (Å²) in [4.78, 5) is 7.17. The van der Waals surface area contributed by atoms with Crippen LogP contribution in [0.2, 0.25) is 0 Å². The summed E-state index contributed by atoms with van der Waals surface area (Å²) >= 11 is 0. The number of anilines is 1. The lowest BCUT2D eigenvalue weighted by atomic mass is 9.89. The fourth-order valence-electron chi connectivity index (χ4n) is 5.09. The zero-order valence-electron chi connectivity index (χ0n) is 21.6. The van der Waals surface area contributed by atoms with Crippen LogP contribution in [0.3, 0.4) is 0 Å². The van der Waals surface area contributed by atoms with Crippen LogP contribution in [0, 0.1) is 0 Å². The predicted octanol–water partition coefficient (Wildman–Crippen LogP) is 7.66. The molecule has 0 unspecified atom stereocenters. The molecule has 184 valence electrons. The highest BCUT2D eigenvalue weighted by Gasteiger charge is 2.36. The number of halogens is 1. The van der Waals surface area contributed by atoms with Crippen molar-refractivity contribution in [2.45, 2.75) is 76.8 Å². The Morgan fingerprint density at radius 1 is 0.788 bits per heavy atom. The first-order valence-corrected chi connectivity index (χ1v) is 12.8. The van der Waals surface area contributed by atoms with E-state index in [1.54, 1.807) is 0 Å². The van der Waals surface area contributed by atoms with E-state index in [0.29, 0.717) is 0 Å². The van der Waals surface area contributed by atoms with Crippen LogP contribution in [0.25, 0.3) is 6.08 Å². The Balaban J connectivity index is 0.00000385. The number of hydrogen-bond acceptors (Lipinski definition) is 3. The Labute approximate surface area is 214 Å². The highest BCUT2D eigenvalue weighted by molar-refractivity contribution is 8.93. The van der Waals surface area contributed by atoms with Crippen molar-refractivity contribution in [3.63, 3.8) is 0 Å². The largest absolute Gasteiger partial charge is 0.341 e. The first kappa shape index (κ1) is 27.9. The maximum Gasteiger partial charge on any atom is 0.114 e. The molecule has 4 heteroatoms. The first-order chi connectivity index (χ1) is 15.5. The highest BCUT2D eigenvalue weighted by Crippen LogP contribution is 2.40. The Morgan fingerprint density at radius 3 is 1.97 bits per heavy atom. The molecule has 1 heterocycles. The van der Waals surface area contributed by atoms with E-state index in [2.05, 4.69) is 98.4 Å². The molecular weight excluding hydrogens is 470 g/mol. The SMILES string of the molecule is Br.CCCCCCCCCCCCN1C2=CC(N(C)C)(N(C)C)C=CC2=Cc2ccccc21. The van der Waals surface area contributed by atoms with Crippen molar-refractivity contribution in [1.29, 1.82) is 0 Å². The summed E-state index contributed by atoms with van der Waals surface area (Å²) in [5.74, 6) is 0. The van der Waals surface area contributed by atoms with Gasteiger partial charge in [-0.3, -0.25) is 9.80 Å². The molecule has 33 heavy (non-hydrogen) atoms. The minimum Gasteiger partial charge on any atom is -0.341 e. The maximum atomic E-state index is 2.57. The second-order valence-electron chi connectivity index (χ2n) is 9.93. The highest BCUT2D eigenvalue weighted by atomic mass is 79.9. The van der Waals surface area contributed by atoms with Crippen molar-refractivity contribution in [1.82, 2.24) is 9.80 Å². The number of nitrogens with zero attached hydrogens (tertiary/aromatic N) is 3. The van der Waals surface area contributed by atoms with Gasteiger partial charge >= 0.3 is 0 Å². The molecule has 0 saturated carbocycles. The number of allylic oxidation sites excluding steroid dienone is 1. The third-order valence-corrected chi connectivity index (χ3v) is 7.15. The number of para-hydroxylation sites is 1. The van der Waals surface area contributed by atoms with Crippen molar-refractivity contribution in [3.8, 4) is 0 Å². The molecule has 1 aliphatic carbocycles. The van der Waals surface area contributed by atoms with E-state index in [9.17, 15) is 0 Å². The van der Waals surface area contributed by atoms with Gasteiger partial charge in [-0.25, -0.2) is 0 Å². The third kappa shape index (κ3) is 6.83. The fraction of sp³-hybridized carbons (Fsp3) is 0.586. The summed E-state index contributed by atoms with van der Waals surface area (Å²) in [6.45, 7) is 3.38. The summed E-state index contributed by atoms with van der Waals surface area (Å²) in [6, 6.07) is 8.86. The summed E-state index contributed by atoms with van der Waals surface area (Å²) in [5.41, 5.74) is 5.16. The number of fused-ring (bicyclic) bond motifs is 2. The molecule has 0 N–H and O–H groups in total. The fourth-order valence-corrected chi connectivity index (χ4v) is 5.09. The van der Waals surface area contributed by atoms with Crippen LogP contribution in [0.15, 0.2) is 53.8 Å². The van der Waals surface area contributed by atoms with Gasteiger partial charge in [0, 0.05) is 17.9 Å². The Morgan fingerprint density at radius 2 is 1.36 bits per heavy atom. The van der Waals surface area contributed by atoms with Crippen molar-refractivity contribution in [2.24, 2.45) is 0 Å². The molecule has 2 aliphatic rings. The van der Waals surface area contributed by atoms with Gasteiger partial charge in [-0.1, -0.05) is 89.0 Å². The Bertz CT molecular complexity index is 814. The molecule has 0 fully saturated rings. The smallest absolute Gasteiger partial charge is 0.114 e. The Kier molecular flexibility index (Phi) is 11.4. The molecule has 1 aliphatic heterocycles. The molecule has 0 amide bonds. The van der Waals surface area contributed by atoms with Crippen molar-refractivity contribution in [2.75, 3.05) is 39.6 Å². The number of likely N-dealkylation sites (N-methyl/N-ethyl adjacent to an activating group) is 2. The van der Waals surface area contributed by atoms with Gasteiger partial charge in [-0.2, -0.15) is 0 Å². The van der Waals surface area contributed by atoms with Gasteiger partial charge in [0.15, 0.2) is 0 Å². The van der Waals surface area contributed by atoms with Crippen molar-refractivity contribution < 1.29 is 0 Å². The lowest BCUT2D eigenvalue weighted by molar-refractivity contribution is 0.0957. The van der Waals surface area contributed by atoms with Gasteiger partial charge < -0.3 is 4.90 Å². The van der Waals surface area contributed by atoms with E-state index in [-0.39, 0.29) is 22.6 Å². The minimum absolute atomic E-state index is 0. The number of hydrogen-bond donors (Lipinski definition) is 0. The molecule has 0 spiro atoms. The van der Waals surface area contributed by atoms with Crippen molar-refractivity contribution in [3.05, 3.63) is 59.3 Å². The lowest BCUT2D eigenvalue weighted by Crippen LogP contribution is -2.54. The summed E-state index contributed by atoms with van der Waals surface area (Å²) in [5, 5.41) is 0. The van der Waals surface area contributed by atoms with Crippen LogP contribution in [0.4, 0.5) is 5.69 Å². The zero-order valence-corrected chi connectivity index (χ0v) is 23.4. The molecule has 1 aromatic rings. The van der Waals surface area contributed by atoms with Crippen LogP contribution < -0.4 is 4.90 Å². The molecule has 0 aromatic heterocycles. The number of unbranched alkanes of at least 4 members (excludes halogenated alkanes) is 9. The monoisotopic (exact) mass is 515 g/mol. The number of rotatable bonds is 13. The molecule has 0 atom stereocenters. The molecule has 1 aromatic carbocycles. The lowest BCUT2D eigenvalue weighted by Gasteiger charge is -2.45. The van der Waals surface area contributed by atoms with Gasteiger partial charge in [0.1, 0.15) is 5.66 Å². The van der Waals surface area contributed by atoms with Crippen LogP contribution in [0.5, 0.6) is 0 Å². The van der Waals surface area contributed by atoms with E-state index >= 15 is 0 Å². The van der Waals surface area contributed by atoms with E-state index in [4.69, 9.17) is 0 Å². The van der Waals surface area contributed by atoms with Gasteiger partial charge in [0.25, 0.3) is 0 Å². The zero-order chi connectivity index (χ0) is 23.0. The molecule has 0 radical (unpaired) electrons. The summed E-state index contributed by atoms with van der Waals surface area (Å²) in [7, 11) is 8.66. The van der Waals surface area contributed by atoms with E-state index < -0.39 is 0 Å². The molecule has 0 saturated heterocycles.